The Morgan fingerprint density at radius 1 is 1.21 bits per heavy atom. The van der Waals surface area contributed by atoms with E-state index < -0.39 is 5.97 Å². The summed E-state index contributed by atoms with van der Waals surface area (Å²) in [6, 6.07) is 17.6. The monoisotopic (exact) mass is 452 g/mol. The predicted octanol–water partition coefficient (Wildman–Crippen LogP) is 3.53. The van der Waals surface area contributed by atoms with E-state index in [1.165, 1.54) is 0 Å². The number of esters is 1. The van der Waals surface area contributed by atoms with Crippen LogP contribution in [0.15, 0.2) is 54.6 Å². The second-order valence-electron chi connectivity index (χ2n) is 9.29. The van der Waals surface area contributed by atoms with Gasteiger partial charge in [-0.2, -0.15) is 0 Å². The van der Waals surface area contributed by atoms with Crippen LogP contribution in [0, 0.1) is 11.8 Å². The zero-order valence-corrected chi connectivity index (χ0v) is 19.9. The molecule has 0 aliphatic carbocycles. The number of aromatic hydroxyl groups is 1. The minimum absolute atomic E-state index is 0.0314. The van der Waals surface area contributed by atoms with Crippen molar-refractivity contribution in [2.45, 2.75) is 39.0 Å². The third-order valence-electron chi connectivity index (χ3n) is 6.96. The van der Waals surface area contributed by atoms with Gasteiger partial charge in [-0.1, -0.05) is 56.3 Å². The van der Waals surface area contributed by atoms with Crippen molar-refractivity contribution in [3.63, 3.8) is 0 Å². The van der Waals surface area contributed by atoms with Gasteiger partial charge < -0.3 is 20.1 Å². The van der Waals surface area contributed by atoms with Gasteiger partial charge in [0.25, 0.3) is 0 Å². The molecular weight excluding hydrogens is 416 g/mol. The Kier molecular flexibility index (Phi) is 8.50. The fourth-order valence-corrected chi connectivity index (χ4v) is 4.74. The number of nitrogens with one attached hydrogen (secondary N) is 1. The normalized spacial score (nSPS) is 21.8. The molecule has 3 unspecified atom stereocenters. The number of rotatable bonds is 9. The maximum Gasteiger partial charge on any atom is 0.325 e. The second kappa shape index (κ2) is 11.3. The zero-order chi connectivity index (χ0) is 23.8. The lowest BCUT2D eigenvalue weighted by Crippen LogP contribution is -2.50. The molecule has 1 aliphatic rings. The first-order valence-electron chi connectivity index (χ1n) is 11.8. The minimum atomic E-state index is -0.419. The number of benzene rings is 2. The highest BCUT2D eigenvalue weighted by Crippen LogP contribution is 2.40. The van der Waals surface area contributed by atoms with Gasteiger partial charge in [0, 0.05) is 13.1 Å². The lowest BCUT2D eigenvalue weighted by atomic mass is 9.68. The summed E-state index contributed by atoms with van der Waals surface area (Å²) in [5.41, 5.74) is 2.22. The van der Waals surface area contributed by atoms with Crippen LogP contribution < -0.4 is 5.32 Å². The Labute approximate surface area is 196 Å². The van der Waals surface area contributed by atoms with E-state index in [1.54, 1.807) is 13.0 Å². The number of phenolic OH excluding ortho intramolecular Hbond substituents is 1. The second-order valence-corrected chi connectivity index (χ2v) is 9.29. The molecular formula is C27H36N2O4. The number of carbonyl (C=O) groups excluding carboxylic acids is 2. The largest absolute Gasteiger partial charge is 0.508 e. The van der Waals surface area contributed by atoms with Gasteiger partial charge in [-0.3, -0.25) is 9.59 Å². The van der Waals surface area contributed by atoms with Gasteiger partial charge in [0.2, 0.25) is 5.91 Å². The van der Waals surface area contributed by atoms with Gasteiger partial charge in [0.05, 0.1) is 12.5 Å². The van der Waals surface area contributed by atoms with Gasteiger partial charge in [-0.05, 0) is 60.9 Å². The minimum Gasteiger partial charge on any atom is -0.508 e. The van der Waals surface area contributed by atoms with Crippen molar-refractivity contribution in [1.82, 2.24) is 10.2 Å². The number of likely N-dealkylation sites (tertiary alicyclic amines) is 1. The summed E-state index contributed by atoms with van der Waals surface area (Å²) in [7, 11) is 0. The lowest BCUT2D eigenvalue weighted by Gasteiger charge is -2.45. The van der Waals surface area contributed by atoms with Crippen LogP contribution >= 0.6 is 0 Å². The highest BCUT2D eigenvalue weighted by Gasteiger charge is 2.39. The van der Waals surface area contributed by atoms with Crippen LogP contribution in [0.1, 0.15) is 38.3 Å². The van der Waals surface area contributed by atoms with Crippen LogP contribution in [-0.2, 0) is 26.2 Å². The van der Waals surface area contributed by atoms with E-state index in [9.17, 15) is 14.7 Å². The molecule has 3 atom stereocenters. The van der Waals surface area contributed by atoms with Crippen LogP contribution in [0.2, 0.25) is 0 Å². The molecule has 1 heterocycles. The van der Waals surface area contributed by atoms with Gasteiger partial charge in [0.15, 0.2) is 0 Å². The molecule has 6 nitrogen and oxygen atoms in total. The van der Waals surface area contributed by atoms with Crippen molar-refractivity contribution in [3.8, 4) is 5.75 Å². The summed E-state index contributed by atoms with van der Waals surface area (Å²) in [5.74, 6) is -0.157. The number of piperidine rings is 1. The van der Waals surface area contributed by atoms with Crippen molar-refractivity contribution in [1.29, 1.82) is 0 Å². The standard InChI is InChI=1S/C27H36N2O4/c1-4-33-25(31)17-28-26(32)22(15-21-9-6-5-7-10-21)19-29-14-13-27(3,20(2)18-29)23-11-8-12-24(30)16-23/h5-12,16,20,22,30H,4,13-15,17-19H2,1-3H3,(H,28,32). The number of phenols is 1. The molecule has 1 fully saturated rings. The molecule has 2 aromatic carbocycles. The number of amides is 1. The number of ether oxygens (including phenoxy) is 1. The van der Waals surface area contributed by atoms with Crippen molar-refractivity contribution < 1.29 is 19.4 Å². The zero-order valence-electron chi connectivity index (χ0n) is 19.9. The van der Waals surface area contributed by atoms with E-state index in [2.05, 4.69) is 30.1 Å². The van der Waals surface area contributed by atoms with E-state index in [0.717, 1.165) is 30.6 Å². The number of nitrogens with zero attached hydrogens (tertiary/aromatic N) is 1. The van der Waals surface area contributed by atoms with Crippen molar-refractivity contribution in [2.24, 2.45) is 11.8 Å². The molecule has 1 aliphatic heterocycles. The van der Waals surface area contributed by atoms with E-state index in [1.807, 2.05) is 42.5 Å². The van der Waals surface area contributed by atoms with Crippen LogP contribution in [0.25, 0.3) is 0 Å². The summed E-state index contributed by atoms with van der Waals surface area (Å²) in [5, 5.41) is 12.7. The Morgan fingerprint density at radius 2 is 1.97 bits per heavy atom. The molecule has 0 aromatic heterocycles. The van der Waals surface area contributed by atoms with E-state index in [-0.39, 0.29) is 23.8 Å². The SMILES string of the molecule is CCOC(=O)CNC(=O)C(Cc1ccccc1)CN1CCC(C)(c2cccc(O)c2)C(C)C1. The summed E-state index contributed by atoms with van der Waals surface area (Å²) in [6.45, 7) is 8.80. The quantitative estimate of drug-likeness (QED) is 0.569. The molecule has 0 radical (unpaired) electrons. The van der Waals surface area contributed by atoms with Crippen LogP contribution in [-0.4, -0.2) is 54.7 Å². The highest BCUT2D eigenvalue weighted by atomic mass is 16.5. The first-order valence-corrected chi connectivity index (χ1v) is 11.8. The van der Waals surface area contributed by atoms with Crippen molar-refractivity contribution in [3.05, 3.63) is 65.7 Å². The maximum atomic E-state index is 13.0. The van der Waals surface area contributed by atoms with Gasteiger partial charge in [-0.25, -0.2) is 0 Å². The molecule has 2 N–H and O–H groups in total. The molecule has 1 amide bonds. The Morgan fingerprint density at radius 3 is 2.64 bits per heavy atom. The van der Waals surface area contributed by atoms with Crippen LogP contribution in [0.4, 0.5) is 0 Å². The average Bonchev–Trinajstić information content (AvgIpc) is 2.80. The fourth-order valence-electron chi connectivity index (χ4n) is 4.74. The first kappa shape index (κ1) is 24.8. The van der Waals surface area contributed by atoms with Crippen molar-refractivity contribution >= 4 is 11.9 Å². The van der Waals surface area contributed by atoms with Gasteiger partial charge in [0.1, 0.15) is 12.3 Å². The fraction of sp³-hybridized carbons (Fsp3) is 0.481. The summed E-state index contributed by atoms with van der Waals surface area (Å²) in [4.78, 5) is 27.1. The summed E-state index contributed by atoms with van der Waals surface area (Å²) >= 11 is 0. The van der Waals surface area contributed by atoms with Crippen LogP contribution in [0.3, 0.4) is 0 Å². The number of carbonyl (C=O) groups is 2. The summed E-state index contributed by atoms with van der Waals surface area (Å²) < 4.78 is 4.95. The molecule has 178 valence electrons. The number of hydrogen-bond donors (Lipinski definition) is 2. The first-order chi connectivity index (χ1) is 15.8. The molecule has 1 saturated heterocycles. The highest BCUT2D eigenvalue weighted by molar-refractivity contribution is 5.83. The average molecular weight is 453 g/mol. The third-order valence-corrected chi connectivity index (χ3v) is 6.96. The lowest BCUT2D eigenvalue weighted by molar-refractivity contribution is -0.143. The molecule has 2 aromatic rings. The van der Waals surface area contributed by atoms with Gasteiger partial charge >= 0.3 is 5.97 Å². The molecule has 3 rings (SSSR count). The molecule has 0 bridgehead atoms. The third kappa shape index (κ3) is 6.57. The summed E-state index contributed by atoms with van der Waals surface area (Å²) in [6.07, 6.45) is 1.56. The molecule has 33 heavy (non-hydrogen) atoms. The van der Waals surface area contributed by atoms with Crippen molar-refractivity contribution in [2.75, 3.05) is 32.8 Å². The Hall–Kier alpha value is -2.86. The Bertz CT molecular complexity index is 933. The number of hydrogen-bond acceptors (Lipinski definition) is 5. The topological polar surface area (TPSA) is 78.9 Å². The molecule has 6 heteroatoms. The van der Waals surface area contributed by atoms with Crippen LogP contribution in [0.5, 0.6) is 5.75 Å². The maximum absolute atomic E-state index is 13.0. The van der Waals surface area contributed by atoms with E-state index in [4.69, 9.17) is 4.74 Å². The van der Waals surface area contributed by atoms with E-state index in [0.29, 0.717) is 31.2 Å². The smallest absolute Gasteiger partial charge is 0.325 e. The molecule has 0 saturated carbocycles. The Balaban J connectivity index is 1.68. The predicted molar refractivity (Wildman–Crippen MR) is 129 cm³/mol. The van der Waals surface area contributed by atoms with E-state index >= 15 is 0 Å². The molecule has 0 spiro atoms. The van der Waals surface area contributed by atoms with Gasteiger partial charge in [-0.15, -0.1) is 0 Å².